The molecule has 0 bridgehead atoms. The molecule has 0 radical (unpaired) electrons. The van der Waals surface area contributed by atoms with Crippen molar-refractivity contribution in [1.29, 1.82) is 0 Å². The minimum absolute atomic E-state index is 0.123. The lowest BCUT2D eigenvalue weighted by atomic mass is 9.91. The maximum absolute atomic E-state index is 13.6. The summed E-state index contributed by atoms with van der Waals surface area (Å²) in [6, 6.07) is 18.1. The van der Waals surface area contributed by atoms with Gasteiger partial charge in [0.15, 0.2) is 0 Å². The largest absolute Gasteiger partial charge is 0.491 e. The second kappa shape index (κ2) is 11.8. The van der Waals surface area contributed by atoms with E-state index in [2.05, 4.69) is 26.6 Å². The number of nitrogens with zero attached hydrogens (tertiary/aromatic N) is 1. The fraction of sp³-hybridized carbons (Fsp3) is 0.222. The van der Waals surface area contributed by atoms with E-state index in [4.69, 9.17) is 21.4 Å². The molecule has 192 valence electrons. The molecule has 1 aliphatic rings. The number of anilines is 1. The molecule has 10 heteroatoms. The molecule has 3 N–H and O–H groups in total. The number of rotatable bonds is 9. The van der Waals surface area contributed by atoms with Crippen LogP contribution in [-0.2, 0) is 9.59 Å². The van der Waals surface area contributed by atoms with Crippen LogP contribution in [0.5, 0.6) is 5.75 Å². The number of imide groups is 1. The molecule has 0 aliphatic carbocycles. The van der Waals surface area contributed by atoms with Crippen molar-refractivity contribution in [3.8, 4) is 5.75 Å². The Morgan fingerprint density at radius 3 is 2.49 bits per heavy atom. The first-order valence-electron chi connectivity index (χ1n) is 11.6. The van der Waals surface area contributed by atoms with Crippen LogP contribution in [0, 0.1) is 0 Å². The number of aliphatic hydroxyl groups is 1. The molecule has 1 fully saturated rings. The van der Waals surface area contributed by atoms with Crippen LogP contribution < -0.4 is 15.4 Å². The van der Waals surface area contributed by atoms with Gasteiger partial charge in [-0.3, -0.25) is 9.59 Å². The zero-order chi connectivity index (χ0) is 26.5. The number of hydrogen-bond donors (Lipinski definition) is 3. The van der Waals surface area contributed by atoms with Crippen molar-refractivity contribution < 1.29 is 24.2 Å². The van der Waals surface area contributed by atoms with Crippen LogP contribution in [0.15, 0.2) is 77.3 Å². The number of nitrogens with one attached hydrogen (secondary N) is 2. The van der Waals surface area contributed by atoms with Crippen molar-refractivity contribution in [2.75, 3.05) is 18.5 Å². The summed E-state index contributed by atoms with van der Waals surface area (Å²) < 4.78 is 6.11. The minimum Gasteiger partial charge on any atom is -0.491 e. The van der Waals surface area contributed by atoms with Gasteiger partial charge in [-0.15, -0.1) is 0 Å². The number of ether oxygens (including phenoxy) is 1. The highest BCUT2D eigenvalue weighted by Gasteiger charge is 2.47. The number of aliphatic hydroxyl groups excluding tert-OH is 1. The lowest BCUT2D eigenvalue weighted by Crippen LogP contribution is -2.50. The molecule has 3 atom stereocenters. The topological polar surface area (TPSA) is 108 Å². The molecule has 0 spiro atoms. The van der Waals surface area contributed by atoms with Gasteiger partial charge >= 0.3 is 6.03 Å². The minimum atomic E-state index is -1.15. The molecule has 4 rings (SSSR count). The van der Waals surface area contributed by atoms with E-state index < -0.39 is 35.8 Å². The summed E-state index contributed by atoms with van der Waals surface area (Å²) in [7, 11) is 0. The molecule has 3 aromatic rings. The Kier molecular flexibility index (Phi) is 8.48. The Morgan fingerprint density at radius 2 is 1.84 bits per heavy atom. The first kappa shape index (κ1) is 26.7. The van der Waals surface area contributed by atoms with E-state index in [0.717, 1.165) is 14.9 Å². The smallest absolute Gasteiger partial charge is 0.325 e. The quantitative estimate of drug-likeness (QED) is 0.310. The van der Waals surface area contributed by atoms with Crippen molar-refractivity contribution in [3.05, 3.63) is 93.4 Å². The molecule has 1 saturated heterocycles. The Bertz CT molecular complexity index is 1290. The number of amides is 4. The Balaban J connectivity index is 1.64. The van der Waals surface area contributed by atoms with Gasteiger partial charge in [0.05, 0.1) is 17.3 Å². The average molecular weight is 587 g/mol. The second-order valence-corrected chi connectivity index (χ2v) is 9.81. The summed E-state index contributed by atoms with van der Waals surface area (Å²) in [6.45, 7) is 1.81. The molecule has 1 heterocycles. The maximum Gasteiger partial charge on any atom is 0.325 e. The van der Waals surface area contributed by atoms with Crippen LogP contribution >= 0.6 is 27.5 Å². The van der Waals surface area contributed by atoms with Crippen molar-refractivity contribution >= 4 is 51.1 Å². The molecule has 1 unspecified atom stereocenters. The van der Waals surface area contributed by atoms with Crippen molar-refractivity contribution in [2.45, 2.75) is 24.9 Å². The van der Waals surface area contributed by atoms with Crippen LogP contribution in [0.2, 0.25) is 5.02 Å². The van der Waals surface area contributed by atoms with Gasteiger partial charge < -0.3 is 20.5 Å². The molecule has 4 amide bonds. The number of urea groups is 1. The van der Waals surface area contributed by atoms with Gasteiger partial charge in [-0.1, -0.05) is 76.9 Å². The summed E-state index contributed by atoms with van der Waals surface area (Å²) in [6.07, 6.45) is 0. The summed E-state index contributed by atoms with van der Waals surface area (Å²) in [4.78, 5) is 41.4. The van der Waals surface area contributed by atoms with Gasteiger partial charge in [0.1, 0.15) is 24.4 Å². The zero-order valence-corrected chi connectivity index (χ0v) is 22.2. The number of halogens is 2. The van der Waals surface area contributed by atoms with E-state index in [9.17, 15) is 14.4 Å². The highest BCUT2D eigenvalue weighted by atomic mass is 79.9. The maximum atomic E-state index is 13.6. The van der Waals surface area contributed by atoms with E-state index in [1.807, 2.05) is 30.3 Å². The van der Waals surface area contributed by atoms with Crippen LogP contribution in [0.3, 0.4) is 0 Å². The third-order valence-corrected chi connectivity index (χ3v) is 6.89. The predicted octanol–water partition coefficient (Wildman–Crippen LogP) is 4.88. The van der Waals surface area contributed by atoms with Gasteiger partial charge in [0, 0.05) is 10.4 Å². The van der Waals surface area contributed by atoms with Crippen LogP contribution in [0.4, 0.5) is 10.5 Å². The SMILES string of the molecule is C[C@@H](c1ccccc1)C(C(=O)Nc1ccc(Br)cc1Cl)N1C(=O)N[C@H](c2ccc(OCCO)cc2)C1=O. The van der Waals surface area contributed by atoms with E-state index in [1.54, 1.807) is 49.4 Å². The summed E-state index contributed by atoms with van der Waals surface area (Å²) in [5.74, 6) is -1.08. The molecular weight excluding hydrogens is 562 g/mol. The third-order valence-electron chi connectivity index (χ3n) is 6.08. The summed E-state index contributed by atoms with van der Waals surface area (Å²) in [5, 5.41) is 14.7. The third kappa shape index (κ3) is 5.95. The predicted molar refractivity (Wildman–Crippen MR) is 144 cm³/mol. The Morgan fingerprint density at radius 1 is 1.14 bits per heavy atom. The number of carbonyl (C=O) groups excluding carboxylic acids is 3. The lowest BCUT2D eigenvalue weighted by Gasteiger charge is -2.30. The van der Waals surface area contributed by atoms with Gasteiger partial charge in [0.25, 0.3) is 5.91 Å². The number of hydrogen-bond acceptors (Lipinski definition) is 5. The van der Waals surface area contributed by atoms with Crippen molar-refractivity contribution in [1.82, 2.24) is 10.2 Å². The Labute approximate surface area is 227 Å². The van der Waals surface area contributed by atoms with Crippen molar-refractivity contribution in [3.63, 3.8) is 0 Å². The summed E-state index contributed by atoms with van der Waals surface area (Å²) >= 11 is 9.65. The van der Waals surface area contributed by atoms with Gasteiger partial charge in [0.2, 0.25) is 5.91 Å². The van der Waals surface area contributed by atoms with Crippen LogP contribution in [-0.4, -0.2) is 47.1 Å². The first-order chi connectivity index (χ1) is 17.8. The van der Waals surface area contributed by atoms with Crippen LogP contribution in [0.25, 0.3) is 0 Å². The second-order valence-electron chi connectivity index (χ2n) is 8.49. The molecule has 37 heavy (non-hydrogen) atoms. The first-order valence-corrected chi connectivity index (χ1v) is 12.7. The average Bonchev–Trinajstić information content (AvgIpc) is 3.19. The Hall–Kier alpha value is -3.40. The molecule has 0 aromatic heterocycles. The number of carbonyl (C=O) groups is 3. The molecule has 0 saturated carbocycles. The van der Waals surface area contributed by atoms with Crippen LogP contribution in [0.1, 0.15) is 30.0 Å². The lowest BCUT2D eigenvalue weighted by molar-refractivity contribution is -0.134. The van der Waals surface area contributed by atoms with Crippen molar-refractivity contribution in [2.24, 2.45) is 0 Å². The molecule has 3 aromatic carbocycles. The zero-order valence-electron chi connectivity index (χ0n) is 19.9. The molecular formula is C27H25BrClN3O5. The molecule has 1 aliphatic heterocycles. The van der Waals surface area contributed by atoms with Gasteiger partial charge in [-0.2, -0.15) is 0 Å². The molecule has 8 nitrogen and oxygen atoms in total. The standard InChI is InChI=1S/C27H25BrClN3O5/c1-16(17-5-3-2-4-6-17)24(25(34)30-22-12-9-19(28)15-21(22)29)32-26(35)23(31-27(32)36)18-7-10-20(11-8-18)37-14-13-33/h2-12,15-16,23-24,33H,13-14H2,1H3,(H,30,34)(H,31,36)/t16-,23+,24?/m0/s1. The van der Waals surface area contributed by atoms with E-state index >= 15 is 0 Å². The normalized spacial score (nSPS) is 16.8. The monoisotopic (exact) mass is 585 g/mol. The fourth-order valence-corrected chi connectivity index (χ4v) is 4.93. The van der Waals surface area contributed by atoms with Gasteiger partial charge in [-0.05, 0) is 41.5 Å². The number of benzene rings is 3. The van der Waals surface area contributed by atoms with E-state index in [-0.39, 0.29) is 13.2 Å². The fourth-order valence-electron chi connectivity index (χ4n) is 4.21. The van der Waals surface area contributed by atoms with Gasteiger partial charge in [-0.25, -0.2) is 9.69 Å². The highest BCUT2D eigenvalue weighted by Crippen LogP contribution is 2.33. The van der Waals surface area contributed by atoms with E-state index in [1.165, 1.54) is 0 Å². The van der Waals surface area contributed by atoms with E-state index in [0.29, 0.717) is 22.0 Å². The summed E-state index contributed by atoms with van der Waals surface area (Å²) in [5.41, 5.74) is 1.70. The highest BCUT2D eigenvalue weighted by molar-refractivity contribution is 9.10.